The van der Waals surface area contributed by atoms with Crippen LogP contribution in [0, 0.1) is 26.7 Å². The van der Waals surface area contributed by atoms with Crippen LogP contribution in [0.25, 0.3) is 5.69 Å². The molecule has 0 unspecified atom stereocenters. The molecular weight excluding hydrogens is 561 g/mol. The minimum Gasteiger partial charge on any atom is -0.351 e. The Balaban J connectivity index is 1.63. The van der Waals surface area contributed by atoms with Crippen LogP contribution in [0.3, 0.4) is 0 Å². The molecule has 6 nitrogen and oxygen atoms in total. The molecule has 0 bridgehead atoms. The molecule has 0 saturated carbocycles. The number of anilines is 2. The van der Waals surface area contributed by atoms with Gasteiger partial charge in [0.25, 0.3) is 0 Å². The number of rotatable bonds is 6. The molecule has 1 saturated heterocycles. The molecule has 1 aliphatic rings. The molecule has 2 aromatic heterocycles. The first kappa shape index (κ1) is 28.1. The van der Waals surface area contributed by atoms with Gasteiger partial charge in [0.15, 0.2) is 5.11 Å². The Bertz CT molecular complexity index is 1600. The number of pyridine rings is 1. The van der Waals surface area contributed by atoms with Gasteiger partial charge in [0.1, 0.15) is 0 Å². The lowest BCUT2D eigenvalue weighted by Gasteiger charge is -2.29. The summed E-state index contributed by atoms with van der Waals surface area (Å²) in [5.41, 5.74) is 7.60. The van der Waals surface area contributed by atoms with Gasteiger partial charge >= 0.3 is 0 Å². The van der Waals surface area contributed by atoms with E-state index >= 15 is 0 Å². The van der Waals surface area contributed by atoms with Gasteiger partial charge < -0.3 is 20.1 Å². The molecule has 1 aliphatic heterocycles. The highest BCUT2D eigenvalue weighted by molar-refractivity contribution is 7.80. The zero-order valence-corrected chi connectivity index (χ0v) is 25.3. The maximum absolute atomic E-state index is 12.3. The number of aryl methyl sites for hydroxylation is 2. The number of nitrogens with one attached hydrogen (secondary N) is 2. The third-order valence-electron chi connectivity index (χ3n) is 7.31. The number of halogens is 2. The largest absolute Gasteiger partial charge is 0.351 e. The number of benzene rings is 2. The molecule has 0 aliphatic carbocycles. The first-order valence-electron chi connectivity index (χ1n) is 13.1. The van der Waals surface area contributed by atoms with Crippen molar-refractivity contribution in [3.8, 4) is 5.69 Å². The molecule has 1 amide bonds. The van der Waals surface area contributed by atoms with Crippen molar-refractivity contribution in [3.05, 3.63) is 105 Å². The van der Waals surface area contributed by atoms with E-state index in [0.29, 0.717) is 15.2 Å². The summed E-state index contributed by atoms with van der Waals surface area (Å²) < 4.78 is 2.15. The molecule has 5 rings (SSSR count). The van der Waals surface area contributed by atoms with E-state index < -0.39 is 0 Å². The lowest BCUT2D eigenvalue weighted by Crippen LogP contribution is -2.29. The number of carbonyl (C=O) groups excluding carboxylic acids is 1. The summed E-state index contributed by atoms with van der Waals surface area (Å²) in [4.78, 5) is 19.2. The van der Waals surface area contributed by atoms with Crippen LogP contribution in [-0.2, 0) is 4.79 Å². The van der Waals surface area contributed by atoms with E-state index in [4.69, 9.17) is 35.4 Å². The molecule has 1 fully saturated rings. The zero-order valence-electron chi connectivity index (χ0n) is 23.0. The smallest absolute Gasteiger partial charge is 0.226 e. The van der Waals surface area contributed by atoms with E-state index in [1.165, 1.54) is 0 Å². The molecule has 0 radical (unpaired) electrons. The predicted octanol–water partition coefficient (Wildman–Crippen LogP) is 7.88. The highest BCUT2D eigenvalue weighted by Gasteiger charge is 2.42. The van der Waals surface area contributed by atoms with Crippen molar-refractivity contribution in [2.75, 3.05) is 10.2 Å². The van der Waals surface area contributed by atoms with Crippen molar-refractivity contribution in [3.63, 3.8) is 0 Å². The number of aromatic nitrogens is 2. The number of amides is 1. The SMILES string of the molecule is Cc1cc(N2C(=S)N[C@@H](c3ccccn3)[C@@H]2c2cc(C)n(-c3ccc(Cl)cc3Cl)c2C)ccc1NC(=O)C(C)C. The summed E-state index contributed by atoms with van der Waals surface area (Å²) in [5.74, 6) is -0.127. The molecule has 0 spiro atoms. The van der Waals surface area contributed by atoms with E-state index in [1.807, 2.05) is 63.2 Å². The van der Waals surface area contributed by atoms with Crippen LogP contribution >= 0.6 is 35.4 Å². The number of carbonyl (C=O) groups is 1. The summed E-state index contributed by atoms with van der Waals surface area (Å²) in [5, 5.41) is 8.33. The molecule has 4 aromatic rings. The lowest BCUT2D eigenvalue weighted by atomic mass is 9.96. The first-order chi connectivity index (χ1) is 19.1. The fraction of sp³-hybridized carbons (Fsp3) is 0.258. The third kappa shape index (κ3) is 5.21. The summed E-state index contributed by atoms with van der Waals surface area (Å²) in [6, 6.07) is 19.3. The second-order valence-electron chi connectivity index (χ2n) is 10.4. The predicted molar refractivity (Wildman–Crippen MR) is 168 cm³/mol. The summed E-state index contributed by atoms with van der Waals surface area (Å²) in [6.07, 6.45) is 1.80. The standard InChI is InChI=1S/C31H31Cl2N5OS/c1-17(2)30(39)35-25-11-10-22(14-18(25)3)38-29(28(36-31(38)40)26-8-6-7-13-34-26)23-15-19(4)37(20(23)5)27-12-9-21(32)16-24(27)33/h6-17,28-29H,1-5H3,(H,35,39)(H,36,40)/t28-,29-/m0/s1. The van der Waals surface area contributed by atoms with Gasteiger partial charge in [-0.05, 0) is 98.7 Å². The molecule has 206 valence electrons. The average molecular weight is 593 g/mol. The van der Waals surface area contributed by atoms with Crippen molar-refractivity contribution in [1.29, 1.82) is 0 Å². The summed E-state index contributed by atoms with van der Waals surface area (Å²) in [7, 11) is 0. The van der Waals surface area contributed by atoms with Crippen molar-refractivity contribution < 1.29 is 4.79 Å². The Morgan fingerprint density at radius 1 is 1.05 bits per heavy atom. The van der Waals surface area contributed by atoms with E-state index in [-0.39, 0.29) is 23.9 Å². The van der Waals surface area contributed by atoms with E-state index in [2.05, 4.69) is 51.1 Å². The van der Waals surface area contributed by atoms with Crippen molar-refractivity contribution in [2.24, 2.45) is 5.92 Å². The van der Waals surface area contributed by atoms with Gasteiger partial charge in [0.05, 0.1) is 28.5 Å². The van der Waals surface area contributed by atoms with E-state index in [0.717, 1.165) is 45.3 Å². The van der Waals surface area contributed by atoms with Crippen LogP contribution in [0.1, 0.15) is 54.1 Å². The van der Waals surface area contributed by atoms with Crippen LogP contribution in [-0.4, -0.2) is 20.6 Å². The molecular formula is C31H31Cl2N5OS. The number of hydrogen-bond donors (Lipinski definition) is 2. The Labute approximate surface area is 250 Å². The number of hydrogen-bond acceptors (Lipinski definition) is 3. The molecule has 40 heavy (non-hydrogen) atoms. The second kappa shape index (κ2) is 11.2. The van der Waals surface area contributed by atoms with Crippen LogP contribution < -0.4 is 15.5 Å². The lowest BCUT2D eigenvalue weighted by molar-refractivity contribution is -0.118. The van der Waals surface area contributed by atoms with Gasteiger partial charge in [0, 0.05) is 39.9 Å². The Hall–Kier alpha value is -3.39. The number of thiocarbonyl (C=S) groups is 1. The molecule has 2 atom stereocenters. The van der Waals surface area contributed by atoms with E-state index in [1.54, 1.807) is 12.3 Å². The zero-order chi connectivity index (χ0) is 28.7. The van der Waals surface area contributed by atoms with E-state index in [9.17, 15) is 4.79 Å². The maximum Gasteiger partial charge on any atom is 0.226 e. The molecule has 3 heterocycles. The van der Waals surface area contributed by atoms with Gasteiger partial charge in [0.2, 0.25) is 5.91 Å². The maximum atomic E-state index is 12.3. The van der Waals surface area contributed by atoms with Crippen molar-refractivity contribution in [1.82, 2.24) is 14.9 Å². The Morgan fingerprint density at radius 2 is 1.82 bits per heavy atom. The van der Waals surface area contributed by atoms with Crippen LogP contribution in [0.15, 0.2) is 66.9 Å². The molecule has 2 N–H and O–H groups in total. The Kier molecular flexibility index (Phi) is 7.91. The number of nitrogens with zero attached hydrogens (tertiary/aromatic N) is 3. The van der Waals surface area contributed by atoms with Crippen molar-refractivity contribution in [2.45, 2.75) is 46.7 Å². The minimum atomic E-state index is -0.191. The van der Waals surface area contributed by atoms with Crippen LogP contribution in [0.5, 0.6) is 0 Å². The minimum absolute atomic E-state index is 0.0180. The Morgan fingerprint density at radius 3 is 2.48 bits per heavy atom. The monoisotopic (exact) mass is 591 g/mol. The fourth-order valence-corrected chi connectivity index (χ4v) is 6.12. The summed E-state index contributed by atoms with van der Waals surface area (Å²) >= 11 is 18.8. The normalized spacial score (nSPS) is 16.9. The highest BCUT2D eigenvalue weighted by atomic mass is 35.5. The van der Waals surface area contributed by atoms with Gasteiger partial charge in [-0.25, -0.2) is 0 Å². The van der Waals surface area contributed by atoms with Gasteiger partial charge in [-0.1, -0.05) is 43.1 Å². The van der Waals surface area contributed by atoms with Crippen LogP contribution in [0.4, 0.5) is 11.4 Å². The van der Waals surface area contributed by atoms with Crippen molar-refractivity contribution >= 4 is 57.8 Å². The third-order valence-corrected chi connectivity index (χ3v) is 8.16. The topological polar surface area (TPSA) is 62.2 Å². The fourth-order valence-electron chi connectivity index (χ4n) is 5.28. The first-order valence-corrected chi connectivity index (χ1v) is 14.3. The van der Waals surface area contributed by atoms with Gasteiger partial charge in [-0.15, -0.1) is 0 Å². The summed E-state index contributed by atoms with van der Waals surface area (Å²) in [6.45, 7) is 9.91. The van der Waals surface area contributed by atoms with Gasteiger partial charge in [-0.2, -0.15) is 0 Å². The molecule has 9 heteroatoms. The second-order valence-corrected chi connectivity index (χ2v) is 11.6. The average Bonchev–Trinajstić information content (AvgIpc) is 3.41. The quantitative estimate of drug-likeness (QED) is 0.223. The highest BCUT2D eigenvalue weighted by Crippen LogP contribution is 2.44. The molecule has 2 aromatic carbocycles. The van der Waals surface area contributed by atoms with Gasteiger partial charge in [-0.3, -0.25) is 9.78 Å². The van der Waals surface area contributed by atoms with Crippen LogP contribution in [0.2, 0.25) is 10.0 Å².